The molecular weight excluding hydrogens is 230 g/mol. The topological polar surface area (TPSA) is 72.4 Å². The first-order valence-electron chi connectivity index (χ1n) is 5.87. The van der Waals surface area contributed by atoms with Crippen molar-refractivity contribution in [3.63, 3.8) is 0 Å². The number of rotatable bonds is 3. The number of amides is 1. The normalized spacial score (nSPS) is 12.7. The lowest BCUT2D eigenvalue weighted by atomic mass is 10.2. The molecule has 5 heteroatoms. The van der Waals surface area contributed by atoms with Gasteiger partial charge in [-0.2, -0.15) is 0 Å². The summed E-state index contributed by atoms with van der Waals surface area (Å²) in [5.74, 6) is 0.120. The SMILES string of the molecule is Cc1ccc2oc(C(=O)N(C)C(C)CN)cc2n1. The van der Waals surface area contributed by atoms with Gasteiger partial charge in [0.1, 0.15) is 5.52 Å². The number of carbonyl (C=O) groups excluding carboxylic acids is 1. The molecule has 1 amide bonds. The zero-order valence-electron chi connectivity index (χ0n) is 10.8. The Hall–Kier alpha value is -1.88. The fourth-order valence-corrected chi connectivity index (χ4v) is 1.66. The number of hydrogen-bond acceptors (Lipinski definition) is 4. The van der Waals surface area contributed by atoms with E-state index in [2.05, 4.69) is 4.98 Å². The Morgan fingerprint density at radius 3 is 2.94 bits per heavy atom. The van der Waals surface area contributed by atoms with Crippen molar-refractivity contribution in [3.8, 4) is 0 Å². The molecule has 0 bridgehead atoms. The van der Waals surface area contributed by atoms with Crippen LogP contribution in [-0.4, -0.2) is 35.4 Å². The minimum Gasteiger partial charge on any atom is -0.449 e. The van der Waals surface area contributed by atoms with E-state index in [-0.39, 0.29) is 11.9 Å². The molecule has 0 aliphatic heterocycles. The monoisotopic (exact) mass is 247 g/mol. The molecule has 2 aromatic heterocycles. The van der Waals surface area contributed by atoms with Crippen molar-refractivity contribution in [2.45, 2.75) is 19.9 Å². The Labute approximate surface area is 106 Å². The standard InChI is InChI=1S/C13H17N3O2/c1-8-4-5-11-10(15-8)6-12(18-11)13(17)16(3)9(2)7-14/h4-6,9H,7,14H2,1-3H3. The van der Waals surface area contributed by atoms with E-state index in [1.54, 1.807) is 18.0 Å². The van der Waals surface area contributed by atoms with E-state index in [1.807, 2.05) is 26.0 Å². The number of likely N-dealkylation sites (N-methyl/N-ethyl adjacent to an activating group) is 1. The number of aromatic nitrogens is 1. The predicted molar refractivity (Wildman–Crippen MR) is 69.4 cm³/mol. The Morgan fingerprint density at radius 2 is 2.28 bits per heavy atom. The van der Waals surface area contributed by atoms with Crippen LogP contribution in [0, 0.1) is 6.92 Å². The van der Waals surface area contributed by atoms with E-state index in [0.29, 0.717) is 23.4 Å². The number of carbonyl (C=O) groups is 1. The smallest absolute Gasteiger partial charge is 0.289 e. The van der Waals surface area contributed by atoms with E-state index >= 15 is 0 Å². The first kappa shape index (κ1) is 12.6. The van der Waals surface area contributed by atoms with Crippen LogP contribution in [0.1, 0.15) is 23.2 Å². The van der Waals surface area contributed by atoms with Crippen molar-refractivity contribution in [2.24, 2.45) is 5.73 Å². The molecule has 0 saturated heterocycles. The van der Waals surface area contributed by atoms with Crippen molar-refractivity contribution in [2.75, 3.05) is 13.6 Å². The third kappa shape index (κ3) is 2.22. The minimum absolute atomic E-state index is 0.0274. The Bertz CT molecular complexity index is 577. The van der Waals surface area contributed by atoms with Gasteiger partial charge in [-0.1, -0.05) is 0 Å². The molecule has 0 aromatic carbocycles. The molecule has 1 atom stereocenters. The highest BCUT2D eigenvalue weighted by atomic mass is 16.3. The van der Waals surface area contributed by atoms with Crippen LogP contribution in [0.4, 0.5) is 0 Å². The van der Waals surface area contributed by atoms with Crippen molar-refractivity contribution in [3.05, 3.63) is 29.7 Å². The van der Waals surface area contributed by atoms with E-state index in [0.717, 1.165) is 5.69 Å². The maximum absolute atomic E-state index is 12.1. The first-order chi connectivity index (χ1) is 8.52. The third-order valence-corrected chi connectivity index (χ3v) is 3.05. The van der Waals surface area contributed by atoms with Gasteiger partial charge in [0.15, 0.2) is 11.3 Å². The van der Waals surface area contributed by atoms with Gasteiger partial charge in [0.25, 0.3) is 5.91 Å². The van der Waals surface area contributed by atoms with E-state index in [4.69, 9.17) is 10.2 Å². The zero-order chi connectivity index (χ0) is 13.3. The molecule has 0 radical (unpaired) electrons. The van der Waals surface area contributed by atoms with Crippen LogP contribution in [0.15, 0.2) is 22.6 Å². The number of furan rings is 1. The second-order valence-corrected chi connectivity index (χ2v) is 4.45. The highest BCUT2D eigenvalue weighted by molar-refractivity contribution is 5.95. The van der Waals surface area contributed by atoms with Gasteiger partial charge in [-0.15, -0.1) is 0 Å². The van der Waals surface area contributed by atoms with Crippen LogP contribution in [0.3, 0.4) is 0 Å². The van der Waals surface area contributed by atoms with Crippen molar-refractivity contribution in [1.82, 2.24) is 9.88 Å². The highest BCUT2D eigenvalue weighted by Gasteiger charge is 2.20. The van der Waals surface area contributed by atoms with Crippen LogP contribution in [0.2, 0.25) is 0 Å². The summed E-state index contributed by atoms with van der Waals surface area (Å²) in [7, 11) is 1.71. The van der Waals surface area contributed by atoms with Crippen LogP contribution in [-0.2, 0) is 0 Å². The van der Waals surface area contributed by atoms with Crippen LogP contribution < -0.4 is 5.73 Å². The number of fused-ring (bicyclic) bond motifs is 1. The van der Waals surface area contributed by atoms with Gasteiger partial charge in [-0.3, -0.25) is 4.79 Å². The summed E-state index contributed by atoms with van der Waals surface area (Å²) in [4.78, 5) is 18.0. The summed E-state index contributed by atoms with van der Waals surface area (Å²) in [6.45, 7) is 4.21. The van der Waals surface area contributed by atoms with E-state index in [9.17, 15) is 4.79 Å². The molecule has 5 nitrogen and oxygen atoms in total. The second kappa shape index (κ2) is 4.78. The molecule has 2 rings (SSSR count). The lowest BCUT2D eigenvalue weighted by Gasteiger charge is -2.22. The molecule has 18 heavy (non-hydrogen) atoms. The molecule has 96 valence electrons. The summed E-state index contributed by atoms with van der Waals surface area (Å²) < 4.78 is 5.51. The fourth-order valence-electron chi connectivity index (χ4n) is 1.66. The summed E-state index contributed by atoms with van der Waals surface area (Å²) in [6.07, 6.45) is 0. The van der Waals surface area contributed by atoms with Gasteiger partial charge in [0.2, 0.25) is 0 Å². The number of aryl methyl sites for hydroxylation is 1. The first-order valence-corrected chi connectivity index (χ1v) is 5.87. The van der Waals surface area contributed by atoms with E-state index in [1.165, 1.54) is 0 Å². The van der Waals surface area contributed by atoms with Gasteiger partial charge >= 0.3 is 0 Å². The lowest BCUT2D eigenvalue weighted by Crippen LogP contribution is -2.39. The van der Waals surface area contributed by atoms with Crippen LogP contribution in [0.25, 0.3) is 11.1 Å². The third-order valence-electron chi connectivity index (χ3n) is 3.05. The molecule has 0 spiro atoms. The van der Waals surface area contributed by atoms with Gasteiger partial charge < -0.3 is 15.1 Å². The van der Waals surface area contributed by atoms with Crippen LogP contribution >= 0.6 is 0 Å². The largest absolute Gasteiger partial charge is 0.449 e. The quantitative estimate of drug-likeness (QED) is 0.893. The minimum atomic E-state index is -0.177. The van der Waals surface area contributed by atoms with Gasteiger partial charge in [-0.25, -0.2) is 4.98 Å². The summed E-state index contributed by atoms with van der Waals surface area (Å²) in [6, 6.07) is 5.32. The van der Waals surface area contributed by atoms with Crippen molar-refractivity contribution < 1.29 is 9.21 Å². The zero-order valence-corrected chi connectivity index (χ0v) is 10.8. The molecule has 0 fully saturated rings. The van der Waals surface area contributed by atoms with Gasteiger partial charge in [0.05, 0.1) is 0 Å². The lowest BCUT2D eigenvalue weighted by molar-refractivity contribution is 0.0718. The molecule has 0 aliphatic rings. The van der Waals surface area contributed by atoms with Crippen molar-refractivity contribution in [1.29, 1.82) is 0 Å². The van der Waals surface area contributed by atoms with Gasteiger partial charge in [-0.05, 0) is 26.0 Å². The Morgan fingerprint density at radius 1 is 1.56 bits per heavy atom. The van der Waals surface area contributed by atoms with Gasteiger partial charge in [0, 0.05) is 31.4 Å². The number of nitrogens with zero attached hydrogens (tertiary/aromatic N) is 2. The fraction of sp³-hybridized carbons (Fsp3) is 0.385. The molecular formula is C13H17N3O2. The summed E-state index contributed by atoms with van der Waals surface area (Å²) in [5, 5.41) is 0. The number of pyridine rings is 1. The second-order valence-electron chi connectivity index (χ2n) is 4.45. The Balaban J connectivity index is 2.33. The molecule has 0 aliphatic carbocycles. The van der Waals surface area contributed by atoms with Crippen molar-refractivity contribution >= 4 is 17.0 Å². The molecule has 2 aromatic rings. The number of nitrogens with two attached hydrogens (primary N) is 1. The summed E-state index contributed by atoms with van der Waals surface area (Å²) in [5.41, 5.74) is 7.77. The highest BCUT2D eigenvalue weighted by Crippen LogP contribution is 2.19. The average molecular weight is 247 g/mol. The molecule has 1 unspecified atom stereocenters. The summed E-state index contributed by atoms with van der Waals surface area (Å²) >= 11 is 0. The average Bonchev–Trinajstić information content (AvgIpc) is 2.78. The maximum atomic E-state index is 12.1. The molecule has 2 N–H and O–H groups in total. The molecule has 2 heterocycles. The predicted octanol–water partition coefficient (Wildman–Crippen LogP) is 1.56. The van der Waals surface area contributed by atoms with E-state index < -0.39 is 0 Å². The van der Waals surface area contributed by atoms with Crippen LogP contribution in [0.5, 0.6) is 0 Å². The Kier molecular flexibility index (Phi) is 3.34. The number of hydrogen-bond donors (Lipinski definition) is 1. The molecule has 0 saturated carbocycles. The maximum Gasteiger partial charge on any atom is 0.289 e.